The van der Waals surface area contributed by atoms with Gasteiger partial charge >= 0.3 is 0 Å². The molecule has 0 aliphatic heterocycles. The molecule has 0 radical (unpaired) electrons. The molecule has 2 heterocycles. The second kappa shape index (κ2) is 5.91. The predicted molar refractivity (Wildman–Crippen MR) is 77.0 cm³/mol. The molecule has 0 bridgehead atoms. The fourth-order valence-electron chi connectivity index (χ4n) is 2.02. The first-order valence-electron chi connectivity index (χ1n) is 6.88. The maximum atomic E-state index is 4.51. The highest BCUT2D eigenvalue weighted by Gasteiger charge is 2.06. The smallest absolute Gasteiger partial charge is 0.0825 e. The van der Waals surface area contributed by atoms with Gasteiger partial charge in [0.25, 0.3) is 0 Å². The second-order valence-corrected chi connectivity index (χ2v) is 5.26. The molecule has 0 amide bonds. The van der Waals surface area contributed by atoms with Crippen LogP contribution in [0.4, 0.5) is 5.69 Å². The third-order valence-electron chi connectivity index (χ3n) is 2.98. The van der Waals surface area contributed by atoms with Crippen molar-refractivity contribution >= 4 is 5.69 Å². The number of aromatic nitrogens is 4. The van der Waals surface area contributed by atoms with E-state index in [0.29, 0.717) is 5.92 Å². The summed E-state index contributed by atoms with van der Waals surface area (Å²) in [6.45, 7) is 11.1. The predicted octanol–water partition coefficient (Wildman–Crippen LogP) is 2.68. The van der Waals surface area contributed by atoms with Crippen LogP contribution in [-0.4, -0.2) is 19.6 Å². The van der Waals surface area contributed by atoms with E-state index in [9.17, 15) is 0 Å². The Morgan fingerprint density at radius 3 is 2.68 bits per heavy atom. The van der Waals surface area contributed by atoms with Crippen molar-refractivity contribution in [3.63, 3.8) is 0 Å². The minimum absolute atomic E-state index is 0.604. The zero-order chi connectivity index (χ0) is 13.8. The van der Waals surface area contributed by atoms with Crippen LogP contribution in [0, 0.1) is 12.8 Å². The number of anilines is 1. The van der Waals surface area contributed by atoms with Crippen LogP contribution in [0.15, 0.2) is 18.5 Å². The van der Waals surface area contributed by atoms with Crippen molar-refractivity contribution in [1.82, 2.24) is 19.6 Å². The van der Waals surface area contributed by atoms with Crippen LogP contribution in [0.3, 0.4) is 0 Å². The Balaban J connectivity index is 1.97. The third kappa shape index (κ3) is 3.59. The Kier molecular flexibility index (Phi) is 4.24. The van der Waals surface area contributed by atoms with Gasteiger partial charge in [-0.2, -0.15) is 10.2 Å². The third-order valence-corrected chi connectivity index (χ3v) is 2.98. The lowest BCUT2D eigenvalue weighted by molar-refractivity contribution is 0.481. The van der Waals surface area contributed by atoms with Crippen LogP contribution in [-0.2, 0) is 19.6 Å². The SMILES string of the molecule is CCn1ccc(CNc2cn(CC(C)C)nc2C)n1. The summed E-state index contributed by atoms with van der Waals surface area (Å²) in [7, 11) is 0. The van der Waals surface area contributed by atoms with E-state index in [2.05, 4.69) is 42.5 Å². The van der Waals surface area contributed by atoms with Crippen molar-refractivity contribution in [2.45, 2.75) is 47.3 Å². The van der Waals surface area contributed by atoms with Gasteiger partial charge < -0.3 is 5.32 Å². The molecule has 104 valence electrons. The summed E-state index contributed by atoms with van der Waals surface area (Å²) in [5.41, 5.74) is 3.18. The fraction of sp³-hybridized carbons (Fsp3) is 0.571. The van der Waals surface area contributed by atoms with Crippen LogP contribution >= 0.6 is 0 Å². The largest absolute Gasteiger partial charge is 0.377 e. The molecule has 0 unspecified atom stereocenters. The maximum absolute atomic E-state index is 4.51. The van der Waals surface area contributed by atoms with Crippen molar-refractivity contribution in [2.24, 2.45) is 5.92 Å². The summed E-state index contributed by atoms with van der Waals surface area (Å²) in [6, 6.07) is 2.05. The van der Waals surface area contributed by atoms with Gasteiger partial charge in [0.15, 0.2) is 0 Å². The number of rotatable bonds is 6. The van der Waals surface area contributed by atoms with Gasteiger partial charge in [-0.15, -0.1) is 0 Å². The van der Waals surface area contributed by atoms with Gasteiger partial charge in [-0.3, -0.25) is 9.36 Å². The van der Waals surface area contributed by atoms with Crippen LogP contribution in [0.2, 0.25) is 0 Å². The summed E-state index contributed by atoms with van der Waals surface area (Å²) in [5, 5.41) is 12.4. The monoisotopic (exact) mass is 261 g/mol. The minimum atomic E-state index is 0.604. The number of aryl methyl sites for hydroxylation is 2. The number of nitrogens with zero attached hydrogens (tertiary/aromatic N) is 4. The average molecular weight is 261 g/mol. The second-order valence-electron chi connectivity index (χ2n) is 5.26. The van der Waals surface area contributed by atoms with Crippen molar-refractivity contribution < 1.29 is 0 Å². The molecule has 2 aromatic heterocycles. The summed E-state index contributed by atoms with van der Waals surface area (Å²) in [4.78, 5) is 0. The van der Waals surface area contributed by atoms with Gasteiger partial charge in [-0.1, -0.05) is 13.8 Å². The molecular formula is C14H23N5. The molecule has 0 aliphatic rings. The van der Waals surface area contributed by atoms with Crippen molar-refractivity contribution in [3.8, 4) is 0 Å². The highest BCUT2D eigenvalue weighted by atomic mass is 15.3. The Bertz CT molecular complexity index is 524. The van der Waals surface area contributed by atoms with Crippen LogP contribution in [0.25, 0.3) is 0 Å². The lowest BCUT2D eigenvalue weighted by Crippen LogP contribution is -2.04. The topological polar surface area (TPSA) is 47.7 Å². The number of hydrogen-bond donors (Lipinski definition) is 1. The van der Waals surface area contributed by atoms with Crippen LogP contribution in [0.1, 0.15) is 32.2 Å². The van der Waals surface area contributed by atoms with Crippen LogP contribution in [0.5, 0.6) is 0 Å². The van der Waals surface area contributed by atoms with Gasteiger partial charge in [-0.25, -0.2) is 0 Å². The molecule has 2 rings (SSSR count). The molecule has 0 aromatic carbocycles. The molecule has 0 saturated heterocycles. The highest BCUT2D eigenvalue weighted by Crippen LogP contribution is 2.14. The van der Waals surface area contributed by atoms with E-state index >= 15 is 0 Å². The normalized spacial score (nSPS) is 11.2. The Hall–Kier alpha value is -1.78. The van der Waals surface area contributed by atoms with Gasteiger partial charge in [0.2, 0.25) is 0 Å². The molecule has 19 heavy (non-hydrogen) atoms. The van der Waals surface area contributed by atoms with Crippen molar-refractivity contribution in [1.29, 1.82) is 0 Å². The summed E-state index contributed by atoms with van der Waals surface area (Å²) < 4.78 is 3.94. The standard InChI is InChI=1S/C14H23N5/c1-5-18-7-6-13(17-18)8-15-14-10-19(9-11(2)3)16-12(14)4/h6-7,10-11,15H,5,8-9H2,1-4H3. The molecule has 0 fully saturated rings. The van der Waals surface area contributed by atoms with Crippen molar-refractivity contribution in [3.05, 3.63) is 29.8 Å². The van der Waals surface area contributed by atoms with Gasteiger partial charge in [0.1, 0.15) is 0 Å². The highest BCUT2D eigenvalue weighted by molar-refractivity contribution is 5.45. The molecule has 0 spiro atoms. The molecule has 5 heteroatoms. The molecule has 0 atom stereocenters. The Labute approximate surface area is 114 Å². The van der Waals surface area contributed by atoms with E-state index in [-0.39, 0.29) is 0 Å². The molecule has 0 saturated carbocycles. The maximum Gasteiger partial charge on any atom is 0.0825 e. The van der Waals surface area contributed by atoms with Crippen LogP contribution < -0.4 is 5.32 Å². The van der Waals surface area contributed by atoms with E-state index in [1.54, 1.807) is 0 Å². The lowest BCUT2D eigenvalue weighted by Gasteiger charge is -2.03. The first-order valence-corrected chi connectivity index (χ1v) is 6.88. The van der Waals surface area contributed by atoms with E-state index < -0.39 is 0 Å². The summed E-state index contributed by atoms with van der Waals surface area (Å²) >= 11 is 0. The molecule has 2 aromatic rings. The van der Waals surface area contributed by atoms with Crippen molar-refractivity contribution in [2.75, 3.05) is 5.32 Å². The number of nitrogens with one attached hydrogen (secondary N) is 1. The Morgan fingerprint density at radius 1 is 1.26 bits per heavy atom. The number of hydrogen-bond acceptors (Lipinski definition) is 3. The quantitative estimate of drug-likeness (QED) is 0.869. The molecule has 0 aliphatic carbocycles. The fourth-order valence-corrected chi connectivity index (χ4v) is 2.02. The van der Waals surface area contributed by atoms with Gasteiger partial charge in [0.05, 0.1) is 23.6 Å². The first-order chi connectivity index (χ1) is 9.08. The summed E-state index contributed by atoms with van der Waals surface area (Å²) in [6.07, 6.45) is 4.08. The molecular weight excluding hydrogens is 238 g/mol. The lowest BCUT2D eigenvalue weighted by atomic mass is 10.2. The zero-order valence-corrected chi connectivity index (χ0v) is 12.2. The summed E-state index contributed by atoms with van der Waals surface area (Å²) in [5.74, 6) is 0.604. The van der Waals surface area contributed by atoms with E-state index in [1.165, 1.54) is 0 Å². The minimum Gasteiger partial charge on any atom is -0.377 e. The van der Waals surface area contributed by atoms with Gasteiger partial charge in [0, 0.05) is 25.5 Å². The Morgan fingerprint density at radius 2 is 2.05 bits per heavy atom. The van der Waals surface area contributed by atoms with E-state index in [0.717, 1.165) is 36.7 Å². The van der Waals surface area contributed by atoms with E-state index in [4.69, 9.17) is 0 Å². The molecule has 1 N–H and O–H groups in total. The van der Waals surface area contributed by atoms with Gasteiger partial charge in [-0.05, 0) is 25.8 Å². The van der Waals surface area contributed by atoms with E-state index in [1.807, 2.05) is 28.6 Å². The first kappa shape index (κ1) is 13.6. The zero-order valence-electron chi connectivity index (χ0n) is 12.2. The average Bonchev–Trinajstić information content (AvgIpc) is 2.93. The molecule has 5 nitrogen and oxygen atoms in total.